The second-order valence-electron chi connectivity index (χ2n) is 5.15. The van der Waals surface area contributed by atoms with E-state index in [1.165, 1.54) is 0 Å². The third kappa shape index (κ3) is 3.79. The molecule has 1 aliphatic rings. The molecule has 1 unspecified atom stereocenters. The maximum Gasteiger partial charge on any atom is 0.492 e. The molecule has 0 spiro atoms. The van der Waals surface area contributed by atoms with Gasteiger partial charge in [0.15, 0.2) is 0 Å². The van der Waals surface area contributed by atoms with Crippen molar-refractivity contribution in [1.82, 2.24) is 0 Å². The highest BCUT2D eigenvalue weighted by molar-refractivity contribution is 6.62. The SMILES string of the molecule is CCOC(=O)CC1OB(O)c2cc(OCCCO)cc(C)c21. The van der Waals surface area contributed by atoms with Crippen LogP contribution in [0.2, 0.25) is 0 Å². The number of rotatable bonds is 7. The number of esters is 1. The molecule has 120 valence electrons. The van der Waals surface area contributed by atoms with E-state index >= 15 is 0 Å². The average molecular weight is 308 g/mol. The van der Waals surface area contributed by atoms with Crippen molar-refractivity contribution in [2.24, 2.45) is 0 Å². The predicted octanol–water partition coefficient (Wildman–Crippen LogP) is 0.468. The zero-order chi connectivity index (χ0) is 16.1. The quantitative estimate of drug-likeness (QED) is 0.433. The molecule has 0 bridgehead atoms. The molecule has 2 rings (SSSR count). The number of aliphatic hydroxyl groups is 1. The lowest BCUT2D eigenvalue weighted by Gasteiger charge is -2.14. The van der Waals surface area contributed by atoms with Gasteiger partial charge in [0.05, 0.1) is 25.7 Å². The van der Waals surface area contributed by atoms with Crippen LogP contribution in [0.1, 0.15) is 37.0 Å². The molecule has 0 saturated heterocycles. The standard InChI is InChI=1S/C15H21BO6/c1-3-20-14(18)9-13-15-10(2)7-11(21-6-4-5-17)8-12(15)16(19)22-13/h7-8,13,17,19H,3-6,9H2,1-2H3. The molecular weight excluding hydrogens is 287 g/mol. The van der Waals surface area contributed by atoms with Gasteiger partial charge in [0.2, 0.25) is 0 Å². The molecule has 6 nitrogen and oxygen atoms in total. The van der Waals surface area contributed by atoms with Gasteiger partial charge in [-0.15, -0.1) is 0 Å². The number of carbonyl (C=O) groups is 1. The van der Waals surface area contributed by atoms with Gasteiger partial charge < -0.3 is 24.3 Å². The largest absolute Gasteiger partial charge is 0.494 e. The lowest BCUT2D eigenvalue weighted by Crippen LogP contribution is -2.28. The Morgan fingerprint density at radius 2 is 2.23 bits per heavy atom. The van der Waals surface area contributed by atoms with Crippen LogP contribution < -0.4 is 10.2 Å². The first kappa shape index (κ1) is 16.8. The normalized spacial score (nSPS) is 16.5. The van der Waals surface area contributed by atoms with Crippen molar-refractivity contribution in [3.05, 3.63) is 23.3 Å². The van der Waals surface area contributed by atoms with Gasteiger partial charge in [0.1, 0.15) is 5.75 Å². The van der Waals surface area contributed by atoms with E-state index in [2.05, 4.69) is 0 Å². The zero-order valence-electron chi connectivity index (χ0n) is 12.9. The molecule has 1 aromatic carbocycles. The minimum absolute atomic E-state index is 0.0667. The monoisotopic (exact) mass is 308 g/mol. The summed E-state index contributed by atoms with van der Waals surface area (Å²) in [4.78, 5) is 11.6. The van der Waals surface area contributed by atoms with Gasteiger partial charge in [-0.25, -0.2) is 0 Å². The van der Waals surface area contributed by atoms with Crippen molar-refractivity contribution in [1.29, 1.82) is 0 Å². The fourth-order valence-corrected chi connectivity index (χ4v) is 2.59. The molecule has 7 heteroatoms. The van der Waals surface area contributed by atoms with Crippen LogP contribution in [0.15, 0.2) is 12.1 Å². The third-order valence-corrected chi connectivity index (χ3v) is 3.50. The van der Waals surface area contributed by atoms with E-state index in [1.807, 2.05) is 13.0 Å². The van der Waals surface area contributed by atoms with Crippen molar-refractivity contribution in [2.75, 3.05) is 19.8 Å². The fraction of sp³-hybridized carbons (Fsp3) is 0.533. The minimum Gasteiger partial charge on any atom is -0.494 e. The molecule has 22 heavy (non-hydrogen) atoms. The lowest BCUT2D eigenvalue weighted by molar-refractivity contribution is -0.145. The highest BCUT2D eigenvalue weighted by Crippen LogP contribution is 2.32. The summed E-state index contributed by atoms with van der Waals surface area (Å²) >= 11 is 0. The Hall–Kier alpha value is -1.57. The highest BCUT2D eigenvalue weighted by atomic mass is 16.5. The van der Waals surface area contributed by atoms with E-state index in [9.17, 15) is 9.82 Å². The number of ether oxygens (including phenoxy) is 2. The molecule has 0 radical (unpaired) electrons. The van der Waals surface area contributed by atoms with Crippen molar-refractivity contribution in [3.63, 3.8) is 0 Å². The fourth-order valence-electron chi connectivity index (χ4n) is 2.59. The number of benzene rings is 1. The van der Waals surface area contributed by atoms with E-state index in [4.69, 9.17) is 19.2 Å². The van der Waals surface area contributed by atoms with E-state index in [1.54, 1.807) is 13.0 Å². The third-order valence-electron chi connectivity index (χ3n) is 3.50. The molecule has 1 atom stereocenters. The lowest BCUT2D eigenvalue weighted by atomic mass is 9.77. The van der Waals surface area contributed by atoms with Gasteiger partial charge in [0.25, 0.3) is 0 Å². The molecule has 0 aliphatic carbocycles. The Labute approximate surface area is 130 Å². The maximum absolute atomic E-state index is 11.6. The molecule has 1 aromatic rings. The number of fused-ring (bicyclic) bond motifs is 1. The molecule has 0 saturated carbocycles. The van der Waals surface area contributed by atoms with Gasteiger partial charge in [-0.1, -0.05) is 0 Å². The summed E-state index contributed by atoms with van der Waals surface area (Å²) in [5.74, 6) is 0.263. The number of hydrogen-bond acceptors (Lipinski definition) is 6. The summed E-state index contributed by atoms with van der Waals surface area (Å²) in [6, 6.07) is 3.56. The maximum atomic E-state index is 11.6. The summed E-state index contributed by atoms with van der Waals surface area (Å²) in [5.41, 5.74) is 2.32. The molecular formula is C15H21BO6. The first-order valence-corrected chi connectivity index (χ1v) is 7.44. The van der Waals surface area contributed by atoms with Crippen molar-refractivity contribution >= 4 is 18.6 Å². The molecule has 1 aliphatic heterocycles. The molecule has 1 heterocycles. The Kier molecular flexibility index (Phi) is 5.82. The first-order chi connectivity index (χ1) is 10.6. The van der Waals surface area contributed by atoms with E-state index in [-0.39, 0.29) is 19.0 Å². The smallest absolute Gasteiger partial charge is 0.492 e. The summed E-state index contributed by atoms with van der Waals surface area (Å²) in [5, 5.41) is 18.8. The van der Waals surface area contributed by atoms with E-state index in [0.29, 0.717) is 30.8 Å². The Morgan fingerprint density at radius 1 is 1.45 bits per heavy atom. The van der Waals surface area contributed by atoms with Gasteiger partial charge in [0, 0.05) is 13.0 Å². The van der Waals surface area contributed by atoms with E-state index < -0.39 is 13.2 Å². The number of hydrogen-bond donors (Lipinski definition) is 2. The average Bonchev–Trinajstić information content (AvgIpc) is 2.76. The summed E-state index contributed by atoms with van der Waals surface area (Å²) in [7, 11) is -1.07. The molecule has 0 amide bonds. The summed E-state index contributed by atoms with van der Waals surface area (Å²) in [6.07, 6.45) is 0.111. The highest BCUT2D eigenvalue weighted by Gasteiger charge is 2.38. The predicted molar refractivity (Wildman–Crippen MR) is 81.1 cm³/mol. The van der Waals surface area contributed by atoms with Gasteiger partial charge >= 0.3 is 13.1 Å². The second kappa shape index (κ2) is 7.62. The topological polar surface area (TPSA) is 85.2 Å². The van der Waals surface area contributed by atoms with Crippen LogP contribution in [0, 0.1) is 6.92 Å². The zero-order valence-corrected chi connectivity index (χ0v) is 12.9. The number of aliphatic hydroxyl groups excluding tert-OH is 1. The summed E-state index contributed by atoms with van der Waals surface area (Å²) in [6.45, 7) is 4.42. The van der Waals surface area contributed by atoms with Crippen LogP contribution in [0.25, 0.3) is 0 Å². The van der Waals surface area contributed by atoms with Crippen LogP contribution in [-0.4, -0.2) is 43.0 Å². The number of carbonyl (C=O) groups excluding carboxylic acids is 1. The first-order valence-electron chi connectivity index (χ1n) is 7.44. The van der Waals surface area contributed by atoms with Gasteiger partial charge in [-0.2, -0.15) is 0 Å². The minimum atomic E-state index is -1.07. The van der Waals surface area contributed by atoms with Gasteiger partial charge in [-0.3, -0.25) is 4.79 Å². The van der Waals surface area contributed by atoms with Crippen molar-refractivity contribution in [2.45, 2.75) is 32.8 Å². The summed E-state index contributed by atoms with van der Waals surface area (Å²) < 4.78 is 15.9. The van der Waals surface area contributed by atoms with Crippen molar-refractivity contribution < 1.29 is 29.1 Å². The Morgan fingerprint density at radius 3 is 2.91 bits per heavy atom. The van der Waals surface area contributed by atoms with Crippen LogP contribution in [0.5, 0.6) is 5.75 Å². The Bertz CT molecular complexity index is 533. The van der Waals surface area contributed by atoms with E-state index in [0.717, 1.165) is 11.1 Å². The van der Waals surface area contributed by atoms with Gasteiger partial charge in [-0.05, 0) is 42.6 Å². The number of aryl methyl sites for hydroxylation is 1. The Balaban J connectivity index is 2.16. The van der Waals surface area contributed by atoms with Crippen LogP contribution in [0.3, 0.4) is 0 Å². The van der Waals surface area contributed by atoms with Crippen LogP contribution in [0.4, 0.5) is 0 Å². The molecule has 0 fully saturated rings. The molecule has 0 aromatic heterocycles. The molecule has 2 N–H and O–H groups in total. The van der Waals surface area contributed by atoms with Crippen LogP contribution >= 0.6 is 0 Å². The second-order valence-corrected chi connectivity index (χ2v) is 5.15. The van der Waals surface area contributed by atoms with Crippen molar-refractivity contribution in [3.8, 4) is 5.75 Å². The van der Waals surface area contributed by atoms with Crippen LogP contribution in [-0.2, 0) is 14.2 Å².